The number of nitrogens with two attached hydrogens (primary N) is 1. The molecule has 1 heterocycles. The maximum absolute atomic E-state index is 6.11. The van der Waals surface area contributed by atoms with Gasteiger partial charge < -0.3 is 5.73 Å². The molecule has 0 aliphatic heterocycles. The van der Waals surface area contributed by atoms with Crippen LogP contribution >= 0.6 is 0 Å². The molecule has 0 radical (unpaired) electrons. The fourth-order valence-corrected chi connectivity index (χ4v) is 1.80. The topological polar surface area (TPSA) is 43.8 Å². The van der Waals surface area contributed by atoms with Gasteiger partial charge in [-0.3, -0.25) is 4.68 Å². The average molecular weight is 195 g/mol. The fraction of sp³-hybridized carbons (Fsp3) is 0.727. The van der Waals surface area contributed by atoms with Gasteiger partial charge in [0, 0.05) is 29.3 Å². The zero-order chi connectivity index (χ0) is 11.1. The van der Waals surface area contributed by atoms with E-state index in [4.69, 9.17) is 5.73 Å². The Morgan fingerprint density at radius 3 is 2.00 bits per heavy atom. The van der Waals surface area contributed by atoms with Crippen LogP contribution in [0.5, 0.6) is 0 Å². The first kappa shape index (κ1) is 11.2. The van der Waals surface area contributed by atoms with Gasteiger partial charge in [-0.2, -0.15) is 5.10 Å². The van der Waals surface area contributed by atoms with Crippen LogP contribution in [-0.4, -0.2) is 9.78 Å². The zero-order valence-electron chi connectivity index (χ0n) is 10.0. The highest BCUT2D eigenvalue weighted by Gasteiger charge is 2.28. The maximum atomic E-state index is 6.11. The highest BCUT2D eigenvalue weighted by atomic mass is 15.3. The summed E-state index contributed by atoms with van der Waals surface area (Å²) < 4.78 is 1.92. The van der Waals surface area contributed by atoms with Gasteiger partial charge in [-0.1, -0.05) is 20.8 Å². The quantitative estimate of drug-likeness (QED) is 0.744. The van der Waals surface area contributed by atoms with E-state index in [1.54, 1.807) is 0 Å². The summed E-state index contributed by atoms with van der Waals surface area (Å²) in [5.74, 6) is 0. The van der Waals surface area contributed by atoms with E-state index in [9.17, 15) is 0 Å². The van der Waals surface area contributed by atoms with Gasteiger partial charge in [0.05, 0.1) is 6.20 Å². The van der Waals surface area contributed by atoms with Crippen LogP contribution in [0.15, 0.2) is 6.20 Å². The van der Waals surface area contributed by atoms with Crippen molar-refractivity contribution in [2.45, 2.75) is 45.6 Å². The molecule has 0 atom stereocenters. The van der Waals surface area contributed by atoms with Crippen LogP contribution < -0.4 is 5.73 Å². The van der Waals surface area contributed by atoms with E-state index in [2.05, 4.69) is 25.9 Å². The van der Waals surface area contributed by atoms with Crippen LogP contribution in [0.25, 0.3) is 0 Å². The number of rotatable bonds is 1. The summed E-state index contributed by atoms with van der Waals surface area (Å²) in [7, 11) is 1.97. The standard InChI is InChI=1S/C11H21N3/c1-10(2,3)9-8(11(4,5)12)7-13-14(9)6/h7H,12H2,1-6H3. The third-order valence-electron chi connectivity index (χ3n) is 2.34. The molecule has 0 aromatic carbocycles. The van der Waals surface area contributed by atoms with Gasteiger partial charge in [0.25, 0.3) is 0 Å². The summed E-state index contributed by atoms with van der Waals surface area (Å²) in [5.41, 5.74) is 8.22. The lowest BCUT2D eigenvalue weighted by Crippen LogP contribution is -2.32. The number of aromatic nitrogens is 2. The second-order valence-electron chi connectivity index (χ2n) is 5.50. The van der Waals surface area contributed by atoms with Gasteiger partial charge in [-0.15, -0.1) is 0 Å². The van der Waals surface area contributed by atoms with E-state index >= 15 is 0 Å². The van der Waals surface area contributed by atoms with Crippen LogP contribution in [0.1, 0.15) is 45.9 Å². The van der Waals surface area contributed by atoms with Gasteiger partial charge in [-0.05, 0) is 13.8 Å². The molecule has 0 bridgehead atoms. The Bertz CT molecular complexity index is 323. The van der Waals surface area contributed by atoms with Gasteiger partial charge in [0.2, 0.25) is 0 Å². The van der Waals surface area contributed by atoms with Crippen molar-refractivity contribution >= 4 is 0 Å². The van der Waals surface area contributed by atoms with E-state index in [0.29, 0.717) is 0 Å². The van der Waals surface area contributed by atoms with Crippen molar-refractivity contribution in [1.29, 1.82) is 0 Å². The molecule has 0 spiro atoms. The molecule has 0 amide bonds. The summed E-state index contributed by atoms with van der Waals surface area (Å²) in [6, 6.07) is 0. The largest absolute Gasteiger partial charge is 0.322 e. The fourth-order valence-electron chi connectivity index (χ4n) is 1.80. The minimum Gasteiger partial charge on any atom is -0.322 e. The molecular formula is C11H21N3. The minimum atomic E-state index is -0.323. The Morgan fingerprint density at radius 1 is 1.21 bits per heavy atom. The van der Waals surface area contributed by atoms with E-state index in [1.165, 1.54) is 5.69 Å². The molecule has 0 unspecified atom stereocenters. The van der Waals surface area contributed by atoms with Crippen molar-refractivity contribution in [2.24, 2.45) is 12.8 Å². The van der Waals surface area contributed by atoms with Crippen LogP contribution in [-0.2, 0) is 18.0 Å². The van der Waals surface area contributed by atoms with Crippen LogP contribution in [0.2, 0.25) is 0 Å². The van der Waals surface area contributed by atoms with Crippen LogP contribution in [0.4, 0.5) is 0 Å². The molecule has 1 aromatic heterocycles. The van der Waals surface area contributed by atoms with Crippen LogP contribution in [0.3, 0.4) is 0 Å². The Balaban J connectivity index is 3.35. The molecule has 3 nitrogen and oxygen atoms in total. The first-order valence-corrected chi connectivity index (χ1v) is 4.96. The normalized spacial score (nSPS) is 13.4. The molecule has 0 saturated heterocycles. The van der Waals surface area contributed by atoms with Crippen molar-refractivity contribution in [2.75, 3.05) is 0 Å². The van der Waals surface area contributed by atoms with E-state index < -0.39 is 0 Å². The van der Waals surface area contributed by atoms with Gasteiger partial charge in [0.1, 0.15) is 0 Å². The van der Waals surface area contributed by atoms with Crippen molar-refractivity contribution < 1.29 is 0 Å². The first-order chi connectivity index (χ1) is 6.14. The van der Waals surface area contributed by atoms with E-state index in [1.807, 2.05) is 31.8 Å². The Kier molecular flexibility index (Phi) is 2.48. The van der Waals surface area contributed by atoms with Crippen molar-refractivity contribution in [3.63, 3.8) is 0 Å². The summed E-state index contributed by atoms with van der Waals surface area (Å²) >= 11 is 0. The van der Waals surface area contributed by atoms with E-state index in [0.717, 1.165) is 5.56 Å². The molecule has 2 N–H and O–H groups in total. The SMILES string of the molecule is Cn1ncc(C(C)(C)N)c1C(C)(C)C. The molecule has 0 aliphatic rings. The Morgan fingerprint density at radius 2 is 1.71 bits per heavy atom. The summed E-state index contributed by atoms with van der Waals surface area (Å²) in [5, 5.41) is 4.29. The molecular weight excluding hydrogens is 174 g/mol. The average Bonchev–Trinajstić information content (AvgIpc) is 2.27. The predicted molar refractivity (Wildman–Crippen MR) is 59.1 cm³/mol. The summed E-state index contributed by atoms with van der Waals surface area (Å²) in [6.07, 6.45) is 1.88. The smallest absolute Gasteiger partial charge is 0.0543 e. The monoisotopic (exact) mass is 195 g/mol. The second-order valence-corrected chi connectivity index (χ2v) is 5.50. The van der Waals surface area contributed by atoms with Crippen molar-refractivity contribution in [3.8, 4) is 0 Å². The molecule has 0 aliphatic carbocycles. The number of nitrogens with zero attached hydrogens (tertiary/aromatic N) is 2. The number of hydrogen-bond acceptors (Lipinski definition) is 2. The summed E-state index contributed by atoms with van der Waals surface area (Å²) in [4.78, 5) is 0. The van der Waals surface area contributed by atoms with Crippen molar-refractivity contribution in [1.82, 2.24) is 9.78 Å². The van der Waals surface area contributed by atoms with Gasteiger partial charge in [0.15, 0.2) is 0 Å². The molecule has 3 heteroatoms. The zero-order valence-corrected chi connectivity index (χ0v) is 10.0. The lowest BCUT2D eigenvalue weighted by atomic mass is 9.83. The Hall–Kier alpha value is -0.830. The molecule has 14 heavy (non-hydrogen) atoms. The molecule has 1 aromatic rings. The number of hydrogen-bond donors (Lipinski definition) is 1. The van der Waals surface area contributed by atoms with E-state index in [-0.39, 0.29) is 11.0 Å². The Labute approximate surface area is 86.3 Å². The van der Waals surface area contributed by atoms with Crippen molar-refractivity contribution in [3.05, 3.63) is 17.5 Å². The minimum absolute atomic E-state index is 0.0806. The summed E-state index contributed by atoms with van der Waals surface area (Å²) in [6.45, 7) is 10.6. The number of aryl methyl sites for hydroxylation is 1. The third kappa shape index (κ3) is 1.98. The third-order valence-corrected chi connectivity index (χ3v) is 2.34. The lowest BCUT2D eigenvalue weighted by Gasteiger charge is -2.26. The highest BCUT2D eigenvalue weighted by Crippen LogP contribution is 2.30. The van der Waals surface area contributed by atoms with Crippen LogP contribution in [0, 0.1) is 0 Å². The first-order valence-electron chi connectivity index (χ1n) is 4.96. The maximum Gasteiger partial charge on any atom is 0.0543 e. The van der Waals surface area contributed by atoms with Gasteiger partial charge in [-0.25, -0.2) is 0 Å². The molecule has 1 rings (SSSR count). The molecule has 80 valence electrons. The molecule has 0 saturated carbocycles. The predicted octanol–water partition coefficient (Wildman–Crippen LogP) is 1.91. The van der Waals surface area contributed by atoms with Gasteiger partial charge >= 0.3 is 0 Å². The lowest BCUT2D eigenvalue weighted by molar-refractivity contribution is 0.482. The molecule has 0 fully saturated rings. The second kappa shape index (κ2) is 3.09. The highest BCUT2D eigenvalue weighted by molar-refractivity contribution is 5.30.